The lowest BCUT2D eigenvalue weighted by Crippen LogP contribution is -2.27. The molecule has 0 aliphatic heterocycles. The van der Waals surface area contributed by atoms with E-state index in [0.29, 0.717) is 5.41 Å². The first kappa shape index (κ1) is 15.6. The highest BCUT2D eigenvalue weighted by atomic mass is 35.5. The molecule has 0 aromatic rings. The van der Waals surface area contributed by atoms with Gasteiger partial charge in [-0.05, 0) is 36.3 Å². The van der Waals surface area contributed by atoms with E-state index in [1.165, 1.54) is 17.9 Å². The molecule has 0 heterocycles. The van der Waals surface area contributed by atoms with E-state index in [0.717, 1.165) is 19.5 Å². The van der Waals surface area contributed by atoms with E-state index in [2.05, 4.69) is 33.0 Å². The van der Waals surface area contributed by atoms with Gasteiger partial charge in [0, 0.05) is 11.9 Å². The molecule has 0 fully saturated rings. The van der Waals surface area contributed by atoms with Crippen LogP contribution in [0.25, 0.3) is 0 Å². The zero-order valence-corrected chi connectivity index (χ0v) is 12.2. The van der Waals surface area contributed by atoms with E-state index in [1.54, 1.807) is 0 Å². The molecule has 0 saturated carbocycles. The molecule has 0 radical (unpaired) electrons. The molecule has 0 aliphatic carbocycles. The summed E-state index contributed by atoms with van der Waals surface area (Å²) in [4.78, 5) is 0. The van der Waals surface area contributed by atoms with Crippen LogP contribution in [0.2, 0.25) is 0 Å². The summed E-state index contributed by atoms with van der Waals surface area (Å²) < 4.78 is 0. The minimum absolute atomic E-state index is 0.267. The standard InChI is InChI=1S/C12H26ClNS/c1-5-15-8-6-7-14-10-11(13)9-12(2,3)4/h11,14H,5-10H2,1-4H3. The Kier molecular flexibility index (Phi) is 9.07. The Morgan fingerprint density at radius 2 is 2.00 bits per heavy atom. The van der Waals surface area contributed by atoms with Gasteiger partial charge >= 0.3 is 0 Å². The van der Waals surface area contributed by atoms with Crippen LogP contribution in [0.1, 0.15) is 40.5 Å². The van der Waals surface area contributed by atoms with Crippen LogP contribution in [-0.2, 0) is 0 Å². The third-order valence-electron chi connectivity index (χ3n) is 2.05. The quantitative estimate of drug-likeness (QED) is 0.521. The van der Waals surface area contributed by atoms with Crippen molar-refractivity contribution >= 4 is 23.4 Å². The Hall–Kier alpha value is 0.600. The van der Waals surface area contributed by atoms with Crippen LogP contribution in [0.15, 0.2) is 0 Å². The van der Waals surface area contributed by atoms with E-state index in [1.807, 2.05) is 11.8 Å². The number of hydrogen-bond donors (Lipinski definition) is 1. The minimum atomic E-state index is 0.267. The van der Waals surface area contributed by atoms with Gasteiger partial charge in [-0.3, -0.25) is 0 Å². The van der Waals surface area contributed by atoms with Gasteiger partial charge < -0.3 is 5.32 Å². The smallest absolute Gasteiger partial charge is 0.0465 e. The zero-order valence-electron chi connectivity index (χ0n) is 10.6. The van der Waals surface area contributed by atoms with Crippen LogP contribution in [0, 0.1) is 5.41 Å². The van der Waals surface area contributed by atoms with Crippen molar-refractivity contribution in [2.45, 2.75) is 45.9 Å². The summed E-state index contributed by atoms with van der Waals surface area (Å²) in [6.07, 6.45) is 2.32. The molecular weight excluding hydrogens is 226 g/mol. The summed E-state index contributed by atoms with van der Waals surface area (Å²) in [7, 11) is 0. The van der Waals surface area contributed by atoms with Gasteiger partial charge in [-0.2, -0.15) is 11.8 Å². The molecule has 0 amide bonds. The molecule has 0 saturated heterocycles. The number of rotatable bonds is 8. The molecule has 15 heavy (non-hydrogen) atoms. The predicted molar refractivity (Wildman–Crippen MR) is 74.2 cm³/mol. The lowest BCUT2D eigenvalue weighted by molar-refractivity contribution is 0.365. The molecule has 0 spiro atoms. The van der Waals surface area contributed by atoms with Crippen molar-refractivity contribution in [3.63, 3.8) is 0 Å². The van der Waals surface area contributed by atoms with E-state index >= 15 is 0 Å². The van der Waals surface area contributed by atoms with Crippen molar-refractivity contribution in [3.8, 4) is 0 Å². The lowest BCUT2D eigenvalue weighted by atomic mass is 9.90. The van der Waals surface area contributed by atoms with Crippen LogP contribution >= 0.6 is 23.4 Å². The number of alkyl halides is 1. The fourth-order valence-corrected chi connectivity index (χ4v) is 2.65. The second-order valence-corrected chi connectivity index (χ2v) is 7.13. The first-order valence-corrected chi connectivity index (χ1v) is 7.47. The van der Waals surface area contributed by atoms with Gasteiger partial charge in [0.1, 0.15) is 0 Å². The van der Waals surface area contributed by atoms with E-state index in [9.17, 15) is 0 Å². The van der Waals surface area contributed by atoms with Crippen molar-refractivity contribution < 1.29 is 0 Å². The maximum atomic E-state index is 6.24. The topological polar surface area (TPSA) is 12.0 Å². The Balaban J connectivity index is 3.28. The molecule has 92 valence electrons. The summed E-state index contributed by atoms with van der Waals surface area (Å²) in [6, 6.07) is 0. The first-order valence-electron chi connectivity index (χ1n) is 5.88. The molecule has 1 atom stereocenters. The van der Waals surface area contributed by atoms with Crippen molar-refractivity contribution in [2.75, 3.05) is 24.6 Å². The molecular formula is C12H26ClNS. The zero-order chi connectivity index (χ0) is 11.7. The predicted octanol–water partition coefficient (Wildman–Crippen LogP) is 3.76. The average molecular weight is 252 g/mol. The monoisotopic (exact) mass is 251 g/mol. The van der Waals surface area contributed by atoms with Gasteiger partial charge in [-0.25, -0.2) is 0 Å². The molecule has 0 aliphatic rings. The Labute approximate surface area is 105 Å². The first-order chi connectivity index (χ1) is 6.95. The summed E-state index contributed by atoms with van der Waals surface area (Å²) in [5.41, 5.74) is 0.339. The molecule has 1 nitrogen and oxygen atoms in total. The third kappa shape index (κ3) is 12.5. The van der Waals surface area contributed by atoms with Crippen molar-refractivity contribution in [3.05, 3.63) is 0 Å². The van der Waals surface area contributed by atoms with Crippen LogP contribution < -0.4 is 5.32 Å². The number of hydrogen-bond acceptors (Lipinski definition) is 2. The van der Waals surface area contributed by atoms with Crippen LogP contribution in [0.5, 0.6) is 0 Å². The number of halogens is 1. The summed E-state index contributed by atoms with van der Waals surface area (Å²) in [5.74, 6) is 2.48. The second-order valence-electron chi connectivity index (χ2n) is 5.12. The van der Waals surface area contributed by atoms with Gasteiger partial charge in [0.15, 0.2) is 0 Å². The third-order valence-corrected chi connectivity index (χ3v) is 3.34. The molecule has 0 aromatic heterocycles. The summed E-state index contributed by atoms with van der Waals surface area (Å²) in [6.45, 7) is 11.0. The molecule has 0 bridgehead atoms. The molecule has 3 heteroatoms. The lowest BCUT2D eigenvalue weighted by Gasteiger charge is -2.22. The highest BCUT2D eigenvalue weighted by Gasteiger charge is 2.15. The summed E-state index contributed by atoms with van der Waals surface area (Å²) >= 11 is 8.24. The van der Waals surface area contributed by atoms with Gasteiger partial charge in [-0.1, -0.05) is 27.7 Å². The molecule has 0 rings (SSSR count). The van der Waals surface area contributed by atoms with E-state index < -0.39 is 0 Å². The average Bonchev–Trinajstić information content (AvgIpc) is 2.08. The maximum absolute atomic E-state index is 6.24. The van der Waals surface area contributed by atoms with Crippen LogP contribution in [0.3, 0.4) is 0 Å². The minimum Gasteiger partial charge on any atom is -0.315 e. The molecule has 1 N–H and O–H groups in total. The number of nitrogens with one attached hydrogen (secondary N) is 1. The second kappa shape index (κ2) is 8.72. The Morgan fingerprint density at radius 3 is 2.53 bits per heavy atom. The van der Waals surface area contributed by atoms with Gasteiger partial charge in [0.2, 0.25) is 0 Å². The Bertz CT molecular complexity index is 145. The maximum Gasteiger partial charge on any atom is 0.0465 e. The Morgan fingerprint density at radius 1 is 1.33 bits per heavy atom. The van der Waals surface area contributed by atoms with Gasteiger partial charge in [-0.15, -0.1) is 11.6 Å². The van der Waals surface area contributed by atoms with Crippen molar-refractivity contribution in [1.82, 2.24) is 5.32 Å². The SMILES string of the molecule is CCSCCCNCC(Cl)CC(C)(C)C. The molecule has 1 unspecified atom stereocenters. The fraction of sp³-hybridized carbons (Fsp3) is 1.00. The van der Waals surface area contributed by atoms with E-state index in [-0.39, 0.29) is 5.38 Å². The van der Waals surface area contributed by atoms with Crippen molar-refractivity contribution in [1.29, 1.82) is 0 Å². The summed E-state index contributed by atoms with van der Waals surface area (Å²) in [5, 5.41) is 3.69. The van der Waals surface area contributed by atoms with Gasteiger partial charge in [0.05, 0.1) is 0 Å². The van der Waals surface area contributed by atoms with Crippen LogP contribution in [-0.4, -0.2) is 30.0 Å². The van der Waals surface area contributed by atoms with E-state index in [4.69, 9.17) is 11.6 Å². The number of thioether (sulfide) groups is 1. The largest absolute Gasteiger partial charge is 0.315 e. The highest BCUT2D eigenvalue weighted by Crippen LogP contribution is 2.23. The highest BCUT2D eigenvalue weighted by molar-refractivity contribution is 7.99. The normalized spacial score (nSPS) is 14.2. The van der Waals surface area contributed by atoms with Crippen molar-refractivity contribution in [2.24, 2.45) is 5.41 Å². The van der Waals surface area contributed by atoms with Gasteiger partial charge in [0.25, 0.3) is 0 Å². The fourth-order valence-electron chi connectivity index (χ4n) is 1.44. The molecule has 0 aromatic carbocycles. The van der Waals surface area contributed by atoms with Crippen LogP contribution in [0.4, 0.5) is 0 Å².